The van der Waals surface area contributed by atoms with Gasteiger partial charge in [0.05, 0.1) is 12.2 Å². The molecule has 3 heteroatoms. The van der Waals surface area contributed by atoms with Crippen LogP contribution in [0.1, 0.15) is 50.8 Å². The smallest absolute Gasteiger partial charge is 0.124 e. The van der Waals surface area contributed by atoms with E-state index in [1.807, 2.05) is 6.92 Å². The summed E-state index contributed by atoms with van der Waals surface area (Å²) in [6, 6.07) is 6.65. The SMILES string of the molecule is Cc1ccc2c(c1)OCCCC2NCC(C)(O)C(C)C. The molecule has 2 N–H and O–H groups in total. The number of hydrogen-bond donors (Lipinski definition) is 2. The first-order valence-electron chi connectivity index (χ1n) is 7.59. The van der Waals surface area contributed by atoms with Gasteiger partial charge in [-0.2, -0.15) is 0 Å². The van der Waals surface area contributed by atoms with Crippen molar-refractivity contribution < 1.29 is 9.84 Å². The van der Waals surface area contributed by atoms with E-state index in [4.69, 9.17) is 4.74 Å². The molecule has 1 heterocycles. The molecule has 1 aromatic rings. The molecule has 1 aliphatic heterocycles. The maximum Gasteiger partial charge on any atom is 0.124 e. The lowest BCUT2D eigenvalue weighted by atomic mass is 9.91. The quantitative estimate of drug-likeness (QED) is 0.888. The Bertz CT molecular complexity index is 454. The van der Waals surface area contributed by atoms with E-state index in [1.165, 1.54) is 11.1 Å². The molecule has 0 radical (unpaired) electrons. The molecule has 1 aliphatic rings. The van der Waals surface area contributed by atoms with Crippen molar-refractivity contribution >= 4 is 0 Å². The highest BCUT2D eigenvalue weighted by Gasteiger charge is 2.27. The molecule has 0 amide bonds. The fourth-order valence-corrected chi connectivity index (χ4v) is 2.43. The van der Waals surface area contributed by atoms with Crippen LogP contribution in [0.15, 0.2) is 18.2 Å². The van der Waals surface area contributed by atoms with Gasteiger partial charge in [0.25, 0.3) is 0 Å². The Labute approximate surface area is 122 Å². The van der Waals surface area contributed by atoms with Crippen LogP contribution in [-0.2, 0) is 0 Å². The van der Waals surface area contributed by atoms with E-state index >= 15 is 0 Å². The molecule has 0 spiro atoms. The van der Waals surface area contributed by atoms with Crippen molar-refractivity contribution in [1.29, 1.82) is 0 Å². The number of aliphatic hydroxyl groups is 1. The minimum atomic E-state index is -0.683. The van der Waals surface area contributed by atoms with Crippen LogP contribution in [0.3, 0.4) is 0 Å². The van der Waals surface area contributed by atoms with Gasteiger partial charge in [-0.15, -0.1) is 0 Å². The monoisotopic (exact) mass is 277 g/mol. The first-order valence-corrected chi connectivity index (χ1v) is 7.59. The third-order valence-electron chi connectivity index (χ3n) is 4.39. The summed E-state index contributed by atoms with van der Waals surface area (Å²) < 4.78 is 5.84. The Morgan fingerprint density at radius 3 is 2.90 bits per heavy atom. The van der Waals surface area contributed by atoms with E-state index in [0.29, 0.717) is 6.54 Å². The lowest BCUT2D eigenvalue weighted by Gasteiger charge is -2.30. The number of fused-ring (bicyclic) bond motifs is 1. The van der Waals surface area contributed by atoms with Gasteiger partial charge >= 0.3 is 0 Å². The second kappa shape index (κ2) is 6.15. The van der Waals surface area contributed by atoms with Crippen molar-refractivity contribution in [2.45, 2.75) is 52.2 Å². The summed E-state index contributed by atoms with van der Waals surface area (Å²) in [7, 11) is 0. The van der Waals surface area contributed by atoms with Gasteiger partial charge in [0, 0.05) is 18.2 Å². The van der Waals surface area contributed by atoms with Gasteiger partial charge in [-0.1, -0.05) is 26.0 Å². The number of benzene rings is 1. The van der Waals surface area contributed by atoms with Gasteiger partial charge in [-0.05, 0) is 44.2 Å². The summed E-state index contributed by atoms with van der Waals surface area (Å²) >= 11 is 0. The molecule has 1 aromatic carbocycles. The third kappa shape index (κ3) is 3.53. The van der Waals surface area contributed by atoms with Crippen molar-refractivity contribution in [3.05, 3.63) is 29.3 Å². The van der Waals surface area contributed by atoms with Crippen LogP contribution in [0.25, 0.3) is 0 Å². The third-order valence-corrected chi connectivity index (χ3v) is 4.39. The lowest BCUT2D eigenvalue weighted by Crippen LogP contribution is -2.43. The molecule has 20 heavy (non-hydrogen) atoms. The molecular weight excluding hydrogens is 250 g/mol. The number of aryl methyl sites for hydroxylation is 1. The van der Waals surface area contributed by atoms with E-state index in [0.717, 1.165) is 25.2 Å². The maximum absolute atomic E-state index is 10.4. The van der Waals surface area contributed by atoms with Crippen LogP contribution in [-0.4, -0.2) is 23.9 Å². The first kappa shape index (κ1) is 15.3. The maximum atomic E-state index is 10.4. The highest BCUT2D eigenvalue weighted by molar-refractivity contribution is 5.39. The molecule has 0 fully saturated rings. The minimum absolute atomic E-state index is 0.231. The molecule has 0 saturated carbocycles. The molecular formula is C17H27NO2. The number of hydrogen-bond acceptors (Lipinski definition) is 3. The molecule has 0 aromatic heterocycles. The van der Waals surface area contributed by atoms with Gasteiger partial charge in [-0.3, -0.25) is 0 Å². The fourth-order valence-electron chi connectivity index (χ4n) is 2.43. The molecule has 2 rings (SSSR count). The highest BCUT2D eigenvalue weighted by Crippen LogP contribution is 2.32. The average molecular weight is 277 g/mol. The van der Waals surface area contributed by atoms with Crippen molar-refractivity contribution in [3.63, 3.8) is 0 Å². The minimum Gasteiger partial charge on any atom is -0.493 e. The fraction of sp³-hybridized carbons (Fsp3) is 0.647. The van der Waals surface area contributed by atoms with Gasteiger partial charge in [0.15, 0.2) is 0 Å². The summed E-state index contributed by atoms with van der Waals surface area (Å²) in [5, 5.41) is 13.9. The van der Waals surface area contributed by atoms with Crippen LogP contribution in [0.2, 0.25) is 0 Å². The van der Waals surface area contributed by atoms with E-state index in [9.17, 15) is 5.11 Å². The summed E-state index contributed by atoms with van der Waals surface area (Å²) in [6.07, 6.45) is 2.08. The summed E-state index contributed by atoms with van der Waals surface area (Å²) in [4.78, 5) is 0. The topological polar surface area (TPSA) is 41.5 Å². The van der Waals surface area contributed by atoms with Crippen molar-refractivity contribution in [2.75, 3.05) is 13.2 Å². The normalized spacial score (nSPS) is 21.8. The number of nitrogens with one attached hydrogen (secondary N) is 1. The Balaban J connectivity index is 2.13. The molecule has 0 bridgehead atoms. The summed E-state index contributed by atoms with van der Waals surface area (Å²) in [5.41, 5.74) is 1.75. The second-order valence-electron chi connectivity index (χ2n) is 6.48. The Kier molecular flexibility index (Phi) is 4.71. The molecule has 3 nitrogen and oxygen atoms in total. The second-order valence-corrected chi connectivity index (χ2v) is 6.48. The summed E-state index contributed by atoms with van der Waals surface area (Å²) in [5.74, 6) is 1.22. The predicted octanol–water partition coefficient (Wildman–Crippen LogP) is 3.21. The van der Waals surface area contributed by atoms with Crippen LogP contribution < -0.4 is 10.1 Å². The number of ether oxygens (including phenoxy) is 1. The van der Waals surface area contributed by atoms with Crippen molar-refractivity contribution in [2.24, 2.45) is 5.92 Å². The zero-order chi connectivity index (χ0) is 14.8. The van der Waals surface area contributed by atoms with Crippen LogP contribution in [0.5, 0.6) is 5.75 Å². The van der Waals surface area contributed by atoms with Crippen LogP contribution >= 0.6 is 0 Å². The zero-order valence-electron chi connectivity index (χ0n) is 13.1. The zero-order valence-corrected chi connectivity index (χ0v) is 13.1. The van der Waals surface area contributed by atoms with Crippen molar-refractivity contribution in [1.82, 2.24) is 5.32 Å². The summed E-state index contributed by atoms with van der Waals surface area (Å²) in [6.45, 7) is 9.46. The highest BCUT2D eigenvalue weighted by atomic mass is 16.5. The predicted molar refractivity (Wildman–Crippen MR) is 82.1 cm³/mol. The molecule has 0 saturated heterocycles. The van der Waals surface area contributed by atoms with Gasteiger partial charge < -0.3 is 15.2 Å². The van der Waals surface area contributed by atoms with Gasteiger partial charge in [-0.25, -0.2) is 0 Å². The standard InChI is InChI=1S/C17H27NO2/c1-12(2)17(4,19)11-18-15-6-5-9-20-16-10-13(3)7-8-14(15)16/h7-8,10,12,15,18-19H,5-6,9,11H2,1-4H3. The van der Waals surface area contributed by atoms with E-state index in [1.54, 1.807) is 0 Å². The Hall–Kier alpha value is -1.06. The number of rotatable bonds is 4. The molecule has 112 valence electrons. The van der Waals surface area contributed by atoms with E-state index < -0.39 is 5.60 Å². The lowest BCUT2D eigenvalue weighted by molar-refractivity contribution is 0.0115. The van der Waals surface area contributed by atoms with Gasteiger partial charge in [0.2, 0.25) is 0 Å². The largest absolute Gasteiger partial charge is 0.493 e. The average Bonchev–Trinajstić information content (AvgIpc) is 2.58. The molecule has 2 unspecified atom stereocenters. The van der Waals surface area contributed by atoms with E-state index in [-0.39, 0.29) is 12.0 Å². The molecule has 0 aliphatic carbocycles. The van der Waals surface area contributed by atoms with E-state index in [2.05, 4.69) is 44.3 Å². The molecule has 2 atom stereocenters. The van der Waals surface area contributed by atoms with Gasteiger partial charge in [0.1, 0.15) is 5.75 Å². The van der Waals surface area contributed by atoms with Crippen molar-refractivity contribution in [3.8, 4) is 5.75 Å². The first-order chi connectivity index (χ1) is 9.40. The Morgan fingerprint density at radius 2 is 2.20 bits per heavy atom. The Morgan fingerprint density at radius 1 is 1.45 bits per heavy atom. The van der Waals surface area contributed by atoms with Crippen LogP contribution in [0, 0.1) is 12.8 Å². The van der Waals surface area contributed by atoms with Crippen LogP contribution in [0.4, 0.5) is 0 Å².